The third kappa shape index (κ3) is 3.29. The van der Waals surface area contributed by atoms with E-state index >= 15 is 0 Å². The molecule has 2 aromatic heterocycles. The molecule has 0 aromatic carbocycles. The van der Waals surface area contributed by atoms with Gasteiger partial charge in [0.1, 0.15) is 17.6 Å². The molecule has 1 N–H and O–H groups in total. The minimum Gasteiger partial charge on any atom is -0.464 e. The Morgan fingerprint density at radius 2 is 2.25 bits per heavy atom. The molecule has 4 nitrogen and oxygen atoms in total. The average Bonchev–Trinajstić information content (AvgIpc) is 3.06. The van der Waals surface area contributed by atoms with Crippen LogP contribution in [0.1, 0.15) is 39.7 Å². The molecule has 0 unspecified atom stereocenters. The Hall–Kier alpha value is -1.59. The molecule has 0 aliphatic rings. The van der Waals surface area contributed by atoms with Crippen LogP contribution in [0.4, 0.5) is 0 Å². The van der Waals surface area contributed by atoms with E-state index in [0.717, 1.165) is 28.4 Å². The van der Waals surface area contributed by atoms with E-state index in [1.165, 1.54) is 11.3 Å². The van der Waals surface area contributed by atoms with Crippen LogP contribution in [0.15, 0.2) is 28.0 Å². The van der Waals surface area contributed by atoms with E-state index in [1.54, 1.807) is 7.11 Å². The number of methoxy groups -OCH3 is 1. The zero-order chi connectivity index (χ0) is 14.5. The number of amides is 1. The first-order valence-corrected chi connectivity index (χ1v) is 7.46. The van der Waals surface area contributed by atoms with Crippen molar-refractivity contribution in [1.29, 1.82) is 0 Å². The molecule has 0 bridgehead atoms. The number of hydrogen-bond donors (Lipinski definition) is 1. The van der Waals surface area contributed by atoms with Gasteiger partial charge in [0.15, 0.2) is 0 Å². The van der Waals surface area contributed by atoms with Gasteiger partial charge in [-0.3, -0.25) is 4.79 Å². The summed E-state index contributed by atoms with van der Waals surface area (Å²) in [4.78, 5) is 13.0. The minimum absolute atomic E-state index is 0.0889. The number of aryl methyl sites for hydroxylation is 2. The van der Waals surface area contributed by atoms with Gasteiger partial charge < -0.3 is 14.5 Å². The lowest BCUT2D eigenvalue weighted by atomic mass is 10.2. The Labute approximate surface area is 122 Å². The summed E-state index contributed by atoms with van der Waals surface area (Å²) in [5.74, 6) is 1.54. The molecule has 1 atom stereocenters. The second-order valence-corrected chi connectivity index (χ2v) is 5.49. The van der Waals surface area contributed by atoms with Crippen molar-refractivity contribution < 1.29 is 13.9 Å². The van der Waals surface area contributed by atoms with Crippen LogP contribution < -0.4 is 5.32 Å². The fraction of sp³-hybridized carbons (Fsp3) is 0.400. The first-order valence-electron chi connectivity index (χ1n) is 6.58. The molecule has 0 aliphatic heterocycles. The van der Waals surface area contributed by atoms with Crippen molar-refractivity contribution in [1.82, 2.24) is 5.32 Å². The Balaban J connectivity index is 2.13. The molecule has 0 aliphatic carbocycles. The van der Waals surface area contributed by atoms with Crippen molar-refractivity contribution in [2.45, 2.75) is 26.3 Å². The third-order valence-electron chi connectivity index (χ3n) is 3.08. The van der Waals surface area contributed by atoms with Crippen LogP contribution in [-0.4, -0.2) is 19.6 Å². The summed E-state index contributed by atoms with van der Waals surface area (Å²) >= 11 is 1.44. The van der Waals surface area contributed by atoms with Crippen molar-refractivity contribution in [3.05, 3.63) is 45.5 Å². The van der Waals surface area contributed by atoms with E-state index in [-0.39, 0.29) is 11.9 Å². The van der Waals surface area contributed by atoms with Crippen LogP contribution in [0.5, 0.6) is 0 Å². The first kappa shape index (κ1) is 14.8. The summed E-state index contributed by atoms with van der Waals surface area (Å²) in [6, 6.07) is 5.49. The van der Waals surface area contributed by atoms with Crippen molar-refractivity contribution in [3.8, 4) is 0 Å². The van der Waals surface area contributed by atoms with Gasteiger partial charge in [-0.2, -0.15) is 0 Å². The molecule has 108 valence electrons. The molecule has 0 fully saturated rings. The highest BCUT2D eigenvalue weighted by molar-refractivity contribution is 7.12. The zero-order valence-electron chi connectivity index (χ0n) is 11.9. The Morgan fingerprint density at radius 3 is 2.80 bits per heavy atom. The number of carbonyl (C=O) groups excluding carboxylic acids is 1. The number of ether oxygens (including phenoxy) is 1. The maximum absolute atomic E-state index is 12.3. The number of furan rings is 1. The van der Waals surface area contributed by atoms with Crippen molar-refractivity contribution in [2.24, 2.45) is 0 Å². The van der Waals surface area contributed by atoms with E-state index < -0.39 is 0 Å². The molecule has 0 saturated heterocycles. The van der Waals surface area contributed by atoms with E-state index in [2.05, 4.69) is 5.32 Å². The number of thiophene rings is 1. The maximum atomic E-state index is 12.3. The van der Waals surface area contributed by atoms with Crippen molar-refractivity contribution >= 4 is 17.2 Å². The molecule has 0 saturated carbocycles. The quantitative estimate of drug-likeness (QED) is 0.888. The van der Waals surface area contributed by atoms with Crippen LogP contribution >= 0.6 is 11.3 Å². The lowest BCUT2D eigenvalue weighted by Gasteiger charge is -2.15. The van der Waals surface area contributed by atoms with Gasteiger partial charge in [-0.1, -0.05) is 6.92 Å². The van der Waals surface area contributed by atoms with Gasteiger partial charge in [0.25, 0.3) is 5.91 Å². The van der Waals surface area contributed by atoms with Gasteiger partial charge in [0.2, 0.25) is 0 Å². The Bertz CT molecular complexity index is 573. The van der Waals surface area contributed by atoms with Gasteiger partial charge in [-0.25, -0.2) is 0 Å². The standard InChI is InChI=1S/C15H19NO3S/c1-4-11-5-6-13(19-11)12(9-18-3)16-15(17)14-10(2)7-8-20-14/h5-8,12H,4,9H2,1-3H3,(H,16,17)/t12-/m1/s1. The normalized spacial score (nSPS) is 12.3. The second-order valence-electron chi connectivity index (χ2n) is 4.57. The highest BCUT2D eigenvalue weighted by Crippen LogP contribution is 2.20. The number of nitrogens with one attached hydrogen (secondary N) is 1. The molecule has 5 heteroatoms. The van der Waals surface area contributed by atoms with Gasteiger partial charge in [0.05, 0.1) is 11.5 Å². The van der Waals surface area contributed by atoms with E-state index in [4.69, 9.17) is 9.15 Å². The van der Waals surface area contributed by atoms with Gasteiger partial charge in [-0.15, -0.1) is 11.3 Å². The van der Waals surface area contributed by atoms with E-state index in [9.17, 15) is 4.79 Å². The number of carbonyl (C=O) groups is 1. The fourth-order valence-electron chi connectivity index (χ4n) is 1.96. The zero-order valence-corrected chi connectivity index (χ0v) is 12.8. The molecule has 1 amide bonds. The molecule has 0 spiro atoms. The lowest BCUT2D eigenvalue weighted by molar-refractivity contribution is 0.0885. The van der Waals surface area contributed by atoms with E-state index in [0.29, 0.717) is 6.61 Å². The summed E-state index contributed by atoms with van der Waals surface area (Å²) in [6.07, 6.45) is 0.831. The largest absolute Gasteiger partial charge is 0.464 e. The smallest absolute Gasteiger partial charge is 0.262 e. The molecule has 0 radical (unpaired) electrons. The predicted octanol–water partition coefficient (Wildman–Crippen LogP) is 3.33. The van der Waals surface area contributed by atoms with Gasteiger partial charge in [-0.05, 0) is 36.1 Å². The van der Waals surface area contributed by atoms with Crippen LogP contribution in [0.25, 0.3) is 0 Å². The number of rotatable bonds is 6. The molecule has 2 heterocycles. The highest BCUT2D eigenvalue weighted by Gasteiger charge is 2.20. The summed E-state index contributed by atoms with van der Waals surface area (Å²) in [5, 5.41) is 4.88. The average molecular weight is 293 g/mol. The highest BCUT2D eigenvalue weighted by atomic mass is 32.1. The summed E-state index contributed by atoms with van der Waals surface area (Å²) in [6.45, 7) is 4.34. The molecule has 2 aromatic rings. The molecule has 2 rings (SSSR count). The molecule has 20 heavy (non-hydrogen) atoms. The minimum atomic E-state index is -0.269. The summed E-state index contributed by atoms with van der Waals surface area (Å²) in [7, 11) is 1.61. The Morgan fingerprint density at radius 1 is 1.45 bits per heavy atom. The SMILES string of the molecule is CCc1ccc([C@@H](COC)NC(=O)c2sccc2C)o1. The molecular formula is C15H19NO3S. The summed E-state index contributed by atoms with van der Waals surface area (Å²) < 4.78 is 10.9. The summed E-state index contributed by atoms with van der Waals surface area (Å²) in [5.41, 5.74) is 0.984. The monoisotopic (exact) mass is 293 g/mol. The van der Waals surface area contributed by atoms with Crippen molar-refractivity contribution in [3.63, 3.8) is 0 Å². The molecular weight excluding hydrogens is 274 g/mol. The van der Waals surface area contributed by atoms with Crippen LogP contribution in [0, 0.1) is 6.92 Å². The van der Waals surface area contributed by atoms with Crippen LogP contribution in [0.3, 0.4) is 0 Å². The predicted molar refractivity (Wildman–Crippen MR) is 79.2 cm³/mol. The number of hydrogen-bond acceptors (Lipinski definition) is 4. The second kappa shape index (κ2) is 6.72. The van der Waals surface area contributed by atoms with Gasteiger partial charge >= 0.3 is 0 Å². The topological polar surface area (TPSA) is 51.5 Å². The fourth-order valence-corrected chi connectivity index (χ4v) is 2.79. The van der Waals surface area contributed by atoms with Crippen LogP contribution in [-0.2, 0) is 11.2 Å². The third-order valence-corrected chi connectivity index (χ3v) is 4.10. The van der Waals surface area contributed by atoms with E-state index in [1.807, 2.05) is 37.4 Å². The first-order chi connectivity index (χ1) is 9.65. The van der Waals surface area contributed by atoms with Crippen molar-refractivity contribution in [2.75, 3.05) is 13.7 Å². The Kier molecular flexibility index (Phi) is 4.98. The lowest BCUT2D eigenvalue weighted by Crippen LogP contribution is -2.30. The maximum Gasteiger partial charge on any atom is 0.262 e. The van der Waals surface area contributed by atoms with Crippen LogP contribution in [0.2, 0.25) is 0 Å². The van der Waals surface area contributed by atoms with Gasteiger partial charge in [0, 0.05) is 13.5 Å².